The Bertz CT molecular complexity index is 257. The molecule has 0 saturated carbocycles. The van der Waals surface area contributed by atoms with Crippen LogP contribution in [0.15, 0.2) is 6.33 Å². The molecule has 1 N–H and O–H groups in total. The second kappa shape index (κ2) is 4.37. The lowest BCUT2D eigenvalue weighted by Gasteiger charge is -2.16. The molecule has 1 unspecified atom stereocenters. The summed E-state index contributed by atoms with van der Waals surface area (Å²) in [6.07, 6.45) is 2.75. The Hall–Kier alpha value is -0.900. The minimum absolute atomic E-state index is 0.0393. The highest BCUT2D eigenvalue weighted by atomic mass is 16.3. The molecule has 0 aromatic carbocycles. The van der Waals surface area contributed by atoms with Crippen LogP contribution in [0.3, 0.4) is 0 Å². The Morgan fingerprint density at radius 1 is 1.46 bits per heavy atom. The topological polar surface area (TPSA) is 50.9 Å². The summed E-state index contributed by atoms with van der Waals surface area (Å²) in [5, 5.41) is 16.6. The van der Waals surface area contributed by atoms with Crippen LogP contribution in [0.4, 0.5) is 0 Å². The third-order valence-corrected chi connectivity index (χ3v) is 2.08. The van der Waals surface area contributed by atoms with Crippen LogP contribution in [0.2, 0.25) is 0 Å². The monoisotopic (exact) mass is 183 g/mol. The van der Waals surface area contributed by atoms with Crippen LogP contribution in [0.25, 0.3) is 0 Å². The molecule has 1 atom stereocenters. The lowest BCUT2D eigenvalue weighted by Crippen LogP contribution is -2.10. The second-order valence-corrected chi connectivity index (χ2v) is 3.79. The van der Waals surface area contributed by atoms with E-state index >= 15 is 0 Å². The van der Waals surface area contributed by atoms with E-state index < -0.39 is 0 Å². The quantitative estimate of drug-likeness (QED) is 0.767. The molecule has 74 valence electrons. The van der Waals surface area contributed by atoms with Crippen molar-refractivity contribution in [1.29, 1.82) is 0 Å². The van der Waals surface area contributed by atoms with E-state index in [9.17, 15) is 0 Å². The Kier molecular flexibility index (Phi) is 3.42. The molecule has 1 heterocycles. The molecular weight excluding hydrogens is 166 g/mol. The summed E-state index contributed by atoms with van der Waals surface area (Å²) >= 11 is 0. The number of aromatic nitrogens is 3. The van der Waals surface area contributed by atoms with Gasteiger partial charge in [-0.2, -0.15) is 0 Å². The van der Waals surface area contributed by atoms with Gasteiger partial charge in [-0.25, -0.2) is 0 Å². The van der Waals surface area contributed by atoms with Gasteiger partial charge in [-0.15, -0.1) is 10.2 Å². The van der Waals surface area contributed by atoms with Gasteiger partial charge in [0.15, 0.2) is 5.82 Å². The van der Waals surface area contributed by atoms with Crippen LogP contribution in [0.5, 0.6) is 0 Å². The van der Waals surface area contributed by atoms with Gasteiger partial charge in [0.25, 0.3) is 0 Å². The van der Waals surface area contributed by atoms with Gasteiger partial charge < -0.3 is 9.67 Å². The van der Waals surface area contributed by atoms with Crippen molar-refractivity contribution in [2.45, 2.75) is 39.8 Å². The van der Waals surface area contributed by atoms with Crippen LogP contribution >= 0.6 is 0 Å². The zero-order chi connectivity index (χ0) is 9.84. The van der Waals surface area contributed by atoms with Gasteiger partial charge in [-0.1, -0.05) is 13.8 Å². The average Bonchev–Trinajstić information content (AvgIpc) is 2.49. The predicted octanol–water partition coefficient (Wildman–Crippen LogP) is 1.38. The summed E-state index contributed by atoms with van der Waals surface area (Å²) in [6.45, 7) is 6.43. The van der Waals surface area contributed by atoms with Gasteiger partial charge in [0.2, 0.25) is 0 Å². The van der Waals surface area contributed by atoms with Crippen molar-refractivity contribution in [3.8, 4) is 0 Å². The lowest BCUT2D eigenvalue weighted by molar-refractivity contribution is 0.258. The normalized spacial score (nSPS) is 13.6. The van der Waals surface area contributed by atoms with E-state index in [2.05, 4.69) is 31.0 Å². The van der Waals surface area contributed by atoms with Crippen LogP contribution in [0, 0.1) is 5.92 Å². The summed E-state index contributed by atoms with van der Waals surface area (Å²) in [6, 6.07) is 0.358. The molecule has 0 amide bonds. The highest BCUT2D eigenvalue weighted by Crippen LogP contribution is 2.17. The van der Waals surface area contributed by atoms with E-state index in [1.165, 1.54) is 0 Å². The fraction of sp³-hybridized carbons (Fsp3) is 0.778. The Labute approximate surface area is 78.6 Å². The molecule has 0 fully saturated rings. The first-order chi connectivity index (χ1) is 6.15. The number of hydrogen-bond acceptors (Lipinski definition) is 3. The fourth-order valence-corrected chi connectivity index (χ4v) is 1.54. The molecule has 0 spiro atoms. The third-order valence-electron chi connectivity index (χ3n) is 2.08. The number of aliphatic hydroxyl groups is 1. The van der Waals surface area contributed by atoms with Crippen molar-refractivity contribution in [2.75, 3.05) is 0 Å². The molecule has 1 aromatic rings. The Morgan fingerprint density at radius 3 is 2.69 bits per heavy atom. The minimum atomic E-state index is -0.0393. The molecule has 0 radical (unpaired) electrons. The van der Waals surface area contributed by atoms with Gasteiger partial charge in [0.1, 0.15) is 12.9 Å². The molecule has 1 aromatic heterocycles. The van der Waals surface area contributed by atoms with Gasteiger partial charge in [-0.3, -0.25) is 0 Å². The van der Waals surface area contributed by atoms with E-state index in [1.54, 1.807) is 6.33 Å². The van der Waals surface area contributed by atoms with E-state index in [-0.39, 0.29) is 6.61 Å². The van der Waals surface area contributed by atoms with Crippen molar-refractivity contribution in [1.82, 2.24) is 14.8 Å². The van der Waals surface area contributed by atoms with E-state index in [0.717, 1.165) is 6.42 Å². The van der Waals surface area contributed by atoms with E-state index in [1.807, 2.05) is 4.57 Å². The summed E-state index contributed by atoms with van der Waals surface area (Å²) in [5.74, 6) is 1.29. The summed E-state index contributed by atoms with van der Waals surface area (Å²) < 4.78 is 1.93. The number of hydrogen-bond donors (Lipinski definition) is 1. The molecular formula is C9H17N3O. The standard InChI is InChI=1S/C9H17N3O/c1-7(2)4-8(3)12-6-10-11-9(12)5-13/h6-8,13H,4-5H2,1-3H3. The van der Waals surface area contributed by atoms with Gasteiger partial charge in [0, 0.05) is 6.04 Å². The highest BCUT2D eigenvalue weighted by molar-refractivity contribution is 4.86. The molecule has 4 nitrogen and oxygen atoms in total. The van der Waals surface area contributed by atoms with Crippen molar-refractivity contribution in [2.24, 2.45) is 5.92 Å². The third kappa shape index (κ3) is 2.52. The van der Waals surface area contributed by atoms with Crippen molar-refractivity contribution >= 4 is 0 Å². The fourth-order valence-electron chi connectivity index (χ4n) is 1.54. The summed E-state index contributed by atoms with van der Waals surface area (Å²) in [4.78, 5) is 0. The van der Waals surface area contributed by atoms with Crippen molar-refractivity contribution in [3.05, 3.63) is 12.2 Å². The SMILES string of the molecule is CC(C)CC(C)n1cnnc1CO. The van der Waals surface area contributed by atoms with Crippen LogP contribution in [-0.2, 0) is 6.61 Å². The average molecular weight is 183 g/mol. The molecule has 4 heteroatoms. The highest BCUT2D eigenvalue weighted by Gasteiger charge is 2.11. The van der Waals surface area contributed by atoms with Gasteiger partial charge in [0.05, 0.1) is 0 Å². The first kappa shape index (κ1) is 10.2. The predicted molar refractivity (Wildman–Crippen MR) is 50.1 cm³/mol. The maximum Gasteiger partial charge on any atom is 0.158 e. The Balaban J connectivity index is 2.69. The molecule has 0 aliphatic rings. The smallest absolute Gasteiger partial charge is 0.158 e. The summed E-state index contributed by atoms with van der Waals surface area (Å²) in [7, 11) is 0. The van der Waals surface area contributed by atoms with E-state index in [0.29, 0.717) is 17.8 Å². The number of nitrogens with zero attached hydrogens (tertiary/aromatic N) is 3. The first-order valence-corrected chi connectivity index (χ1v) is 4.64. The molecule has 0 aliphatic carbocycles. The second-order valence-electron chi connectivity index (χ2n) is 3.79. The van der Waals surface area contributed by atoms with Crippen molar-refractivity contribution in [3.63, 3.8) is 0 Å². The molecule has 13 heavy (non-hydrogen) atoms. The molecule has 0 bridgehead atoms. The van der Waals surface area contributed by atoms with Gasteiger partial charge >= 0.3 is 0 Å². The van der Waals surface area contributed by atoms with Crippen LogP contribution < -0.4 is 0 Å². The van der Waals surface area contributed by atoms with Crippen molar-refractivity contribution < 1.29 is 5.11 Å². The first-order valence-electron chi connectivity index (χ1n) is 4.64. The molecule has 1 rings (SSSR count). The van der Waals surface area contributed by atoms with E-state index in [4.69, 9.17) is 5.11 Å². The maximum absolute atomic E-state index is 8.97. The van der Waals surface area contributed by atoms with Crippen LogP contribution in [-0.4, -0.2) is 19.9 Å². The minimum Gasteiger partial charge on any atom is -0.388 e. The number of rotatable bonds is 4. The zero-order valence-electron chi connectivity index (χ0n) is 8.44. The lowest BCUT2D eigenvalue weighted by atomic mass is 10.1. The Morgan fingerprint density at radius 2 is 2.15 bits per heavy atom. The number of aliphatic hydroxyl groups excluding tert-OH is 1. The largest absolute Gasteiger partial charge is 0.388 e. The summed E-state index contributed by atoms with van der Waals surface area (Å²) in [5.41, 5.74) is 0. The zero-order valence-corrected chi connectivity index (χ0v) is 8.44. The molecule has 0 aliphatic heterocycles. The van der Waals surface area contributed by atoms with Crippen LogP contribution in [0.1, 0.15) is 39.1 Å². The maximum atomic E-state index is 8.97. The van der Waals surface area contributed by atoms with Gasteiger partial charge in [-0.05, 0) is 19.3 Å². The molecule has 0 saturated heterocycles.